The summed E-state index contributed by atoms with van der Waals surface area (Å²) in [5.74, 6) is 0. The van der Waals surface area contributed by atoms with Crippen LogP contribution in [0.2, 0.25) is 0 Å². The van der Waals surface area contributed by atoms with Gasteiger partial charge in [0.25, 0.3) is 0 Å². The molecule has 0 saturated carbocycles. The Morgan fingerprint density at radius 1 is 0.926 bits per heavy atom. The van der Waals surface area contributed by atoms with Crippen LogP contribution < -0.4 is 0 Å². The third kappa shape index (κ3) is 6.29. The minimum atomic E-state index is -0.740. The maximum Gasteiger partial charge on any atom is 0.420 e. The maximum absolute atomic E-state index is 12.6. The molecule has 0 bridgehead atoms. The molecule has 0 radical (unpaired) electrons. The molecule has 0 heterocycles. The van der Waals surface area contributed by atoms with Crippen LogP contribution in [0.5, 0.6) is 0 Å². The summed E-state index contributed by atoms with van der Waals surface area (Å²) in [6.07, 6.45) is 1.46. The minimum Gasteiger partial charge on any atom is -0.444 e. The molecule has 1 atom stereocenters. The Bertz CT molecular complexity index is 675. The van der Waals surface area contributed by atoms with Gasteiger partial charge in [-0.05, 0) is 17.5 Å². The van der Waals surface area contributed by atoms with Gasteiger partial charge in [-0.1, -0.05) is 80.1 Å². The maximum atomic E-state index is 12.6. The molecule has 142 valence electrons. The monoisotopic (exact) mass is 367 g/mol. The van der Waals surface area contributed by atoms with E-state index in [2.05, 4.69) is 6.58 Å². The van der Waals surface area contributed by atoms with Gasteiger partial charge >= 0.3 is 12.2 Å². The lowest BCUT2D eigenvalue weighted by Gasteiger charge is -2.26. The molecule has 0 fully saturated rings. The fourth-order valence-electron chi connectivity index (χ4n) is 2.57. The third-order valence-electron chi connectivity index (χ3n) is 3.99. The van der Waals surface area contributed by atoms with E-state index >= 15 is 0 Å². The standard InChI is InChI=1S/C22H25NO4/c1-3-11-20(4-2)23(21(24)26-16-18-12-7-5-8-13-18)22(25)27-17-19-14-9-6-10-15-19/h4-10,12-15,20H,2-3,11,16-17H2,1H3/t20-/m0/s1. The Kier molecular flexibility index (Phi) is 8.10. The Morgan fingerprint density at radius 3 is 1.74 bits per heavy atom. The first kappa shape index (κ1) is 20.2. The average Bonchev–Trinajstić information content (AvgIpc) is 2.71. The van der Waals surface area contributed by atoms with Crippen molar-refractivity contribution in [2.75, 3.05) is 0 Å². The van der Waals surface area contributed by atoms with E-state index in [0.717, 1.165) is 22.4 Å². The Morgan fingerprint density at radius 2 is 1.37 bits per heavy atom. The highest BCUT2D eigenvalue weighted by Gasteiger charge is 2.30. The van der Waals surface area contributed by atoms with Crippen LogP contribution in [-0.4, -0.2) is 23.1 Å². The number of amides is 2. The summed E-state index contributed by atoms with van der Waals surface area (Å²) in [7, 11) is 0. The van der Waals surface area contributed by atoms with Crippen LogP contribution in [0.25, 0.3) is 0 Å². The lowest BCUT2D eigenvalue weighted by atomic mass is 10.1. The first-order chi connectivity index (χ1) is 13.2. The molecule has 0 spiro atoms. The van der Waals surface area contributed by atoms with Gasteiger partial charge in [0.2, 0.25) is 0 Å². The molecule has 0 aliphatic rings. The van der Waals surface area contributed by atoms with E-state index < -0.39 is 18.2 Å². The summed E-state index contributed by atoms with van der Waals surface area (Å²) in [6, 6.07) is 18.1. The van der Waals surface area contributed by atoms with Crippen LogP contribution in [0.1, 0.15) is 30.9 Å². The van der Waals surface area contributed by atoms with E-state index in [-0.39, 0.29) is 13.2 Å². The highest BCUT2D eigenvalue weighted by Crippen LogP contribution is 2.15. The number of ether oxygens (including phenoxy) is 2. The number of rotatable bonds is 8. The van der Waals surface area contributed by atoms with E-state index in [9.17, 15) is 9.59 Å². The second-order valence-electron chi connectivity index (χ2n) is 6.04. The zero-order valence-corrected chi connectivity index (χ0v) is 15.5. The number of hydrogen-bond acceptors (Lipinski definition) is 4. The van der Waals surface area contributed by atoms with Crippen LogP contribution in [0.3, 0.4) is 0 Å². The minimum absolute atomic E-state index is 0.0815. The largest absolute Gasteiger partial charge is 0.444 e. The topological polar surface area (TPSA) is 55.8 Å². The zero-order chi connectivity index (χ0) is 19.5. The van der Waals surface area contributed by atoms with Crippen molar-refractivity contribution in [3.63, 3.8) is 0 Å². The van der Waals surface area contributed by atoms with Gasteiger partial charge in [-0.25, -0.2) is 14.5 Å². The van der Waals surface area contributed by atoms with Gasteiger partial charge in [-0.3, -0.25) is 0 Å². The molecule has 2 aromatic rings. The van der Waals surface area contributed by atoms with Crippen molar-refractivity contribution in [3.8, 4) is 0 Å². The summed E-state index contributed by atoms with van der Waals surface area (Å²) in [4.78, 5) is 26.2. The fraction of sp³-hybridized carbons (Fsp3) is 0.273. The van der Waals surface area contributed by atoms with Gasteiger partial charge in [0.1, 0.15) is 13.2 Å². The van der Waals surface area contributed by atoms with Crippen molar-refractivity contribution in [3.05, 3.63) is 84.4 Å². The van der Waals surface area contributed by atoms with E-state index in [1.165, 1.54) is 0 Å². The van der Waals surface area contributed by atoms with Gasteiger partial charge in [0.15, 0.2) is 0 Å². The first-order valence-corrected chi connectivity index (χ1v) is 8.98. The predicted molar refractivity (Wildman–Crippen MR) is 104 cm³/mol. The van der Waals surface area contributed by atoms with E-state index in [1.807, 2.05) is 67.6 Å². The fourth-order valence-corrected chi connectivity index (χ4v) is 2.57. The molecule has 0 aliphatic carbocycles. The summed E-state index contributed by atoms with van der Waals surface area (Å²) >= 11 is 0. The molecule has 5 heteroatoms. The van der Waals surface area contributed by atoms with Crippen molar-refractivity contribution in [1.82, 2.24) is 4.90 Å². The van der Waals surface area contributed by atoms with Crippen molar-refractivity contribution < 1.29 is 19.1 Å². The normalized spacial score (nSPS) is 11.3. The molecule has 0 unspecified atom stereocenters. The van der Waals surface area contributed by atoms with Gasteiger partial charge in [0, 0.05) is 0 Å². The number of carbonyl (C=O) groups excluding carboxylic acids is 2. The van der Waals surface area contributed by atoms with Crippen LogP contribution in [-0.2, 0) is 22.7 Å². The molecule has 2 rings (SSSR count). The Labute approximate surface area is 160 Å². The molecular weight excluding hydrogens is 342 g/mol. The predicted octanol–water partition coefficient (Wildman–Crippen LogP) is 5.32. The number of hydrogen-bond donors (Lipinski definition) is 0. The van der Waals surface area contributed by atoms with Gasteiger partial charge < -0.3 is 9.47 Å². The number of imide groups is 1. The van der Waals surface area contributed by atoms with Crippen molar-refractivity contribution in [1.29, 1.82) is 0 Å². The summed E-state index contributed by atoms with van der Waals surface area (Å²) in [5.41, 5.74) is 1.68. The molecule has 2 amide bonds. The molecule has 5 nitrogen and oxygen atoms in total. The average molecular weight is 367 g/mol. The second-order valence-corrected chi connectivity index (χ2v) is 6.04. The third-order valence-corrected chi connectivity index (χ3v) is 3.99. The van der Waals surface area contributed by atoms with Crippen molar-refractivity contribution in [2.45, 2.75) is 39.0 Å². The molecule has 27 heavy (non-hydrogen) atoms. The highest BCUT2D eigenvalue weighted by atomic mass is 16.6. The molecule has 0 aromatic heterocycles. The molecule has 0 N–H and O–H groups in total. The van der Waals surface area contributed by atoms with E-state index in [1.54, 1.807) is 6.08 Å². The zero-order valence-electron chi connectivity index (χ0n) is 15.5. The van der Waals surface area contributed by atoms with Crippen LogP contribution in [0.15, 0.2) is 73.3 Å². The number of carbonyl (C=O) groups is 2. The van der Waals surface area contributed by atoms with Crippen LogP contribution >= 0.6 is 0 Å². The van der Waals surface area contributed by atoms with Crippen molar-refractivity contribution in [2.24, 2.45) is 0 Å². The highest BCUT2D eigenvalue weighted by molar-refractivity contribution is 5.88. The molecule has 2 aromatic carbocycles. The number of nitrogens with zero attached hydrogens (tertiary/aromatic N) is 1. The summed E-state index contributed by atoms with van der Waals surface area (Å²) in [5, 5.41) is 0. The molecule has 0 aliphatic heterocycles. The lowest BCUT2D eigenvalue weighted by Crippen LogP contribution is -2.44. The van der Waals surface area contributed by atoms with Gasteiger partial charge in [0.05, 0.1) is 6.04 Å². The quantitative estimate of drug-likeness (QED) is 0.593. The second kappa shape index (κ2) is 10.8. The lowest BCUT2D eigenvalue weighted by molar-refractivity contribution is 0.0610. The molecular formula is C22H25NO4. The van der Waals surface area contributed by atoms with Gasteiger partial charge in [-0.2, -0.15) is 0 Å². The van der Waals surface area contributed by atoms with Crippen LogP contribution in [0.4, 0.5) is 9.59 Å². The van der Waals surface area contributed by atoms with Gasteiger partial charge in [-0.15, -0.1) is 6.58 Å². The van der Waals surface area contributed by atoms with Crippen molar-refractivity contribution >= 4 is 12.2 Å². The Balaban J connectivity index is 2.05. The molecule has 0 saturated heterocycles. The first-order valence-electron chi connectivity index (χ1n) is 8.98. The smallest absolute Gasteiger partial charge is 0.420 e. The summed E-state index contributed by atoms with van der Waals surface area (Å²) < 4.78 is 10.7. The Hall–Kier alpha value is -3.08. The van der Waals surface area contributed by atoms with E-state index in [0.29, 0.717) is 6.42 Å². The SMILES string of the molecule is C=C[C@@H](CCC)N(C(=O)OCc1ccccc1)C(=O)OCc1ccccc1. The number of benzene rings is 2. The summed E-state index contributed by atoms with van der Waals surface area (Å²) in [6.45, 7) is 5.88. The van der Waals surface area contributed by atoms with E-state index in [4.69, 9.17) is 9.47 Å². The van der Waals surface area contributed by atoms with Crippen LogP contribution in [0, 0.1) is 0 Å².